The number of ether oxygens (including phenoxy) is 1. The summed E-state index contributed by atoms with van der Waals surface area (Å²) >= 11 is 1.37. The number of aryl methyl sites for hydroxylation is 1. The van der Waals surface area contributed by atoms with Gasteiger partial charge in [-0.1, -0.05) is 38.5 Å². The summed E-state index contributed by atoms with van der Waals surface area (Å²) in [7, 11) is 0. The molecular weight excluding hydrogens is 390 g/mol. The van der Waals surface area contributed by atoms with Crippen molar-refractivity contribution in [2.75, 3.05) is 12.4 Å². The van der Waals surface area contributed by atoms with Crippen LogP contribution in [0.4, 0.5) is 0 Å². The molecule has 1 aromatic heterocycles. The zero-order chi connectivity index (χ0) is 21.2. The van der Waals surface area contributed by atoms with E-state index in [0.29, 0.717) is 29.9 Å². The van der Waals surface area contributed by atoms with E-state index in [1.54, 1.807) is 0 Å². The number of nitrogens with zero attached hydrogens (tertiary/aromatic N) is 3. The molecule has 0 aliphatic carbocycles. The number of thioether (sulfide) groups is 1. The van der Waals surface area contributed by atoms with Gasteiger partial charge in [-0.15, -0.1) is 10.2 Å². The number of hydrogen-bond acceptors (Lipinski definition) is 6. The number of rotatable bonds is 13. The number of nitrogens with one attached hydrogen (secondary N) is 1. The molecule has 0 bridgehead atoms. The first-order valence-electron chi connectivity index (χ1n) is 10.6. The molecule has 1 fully saturated rings. The molecule has 29 heavy (non-hydrogen) atoms. The van der Waals surface area contributed by atoms with Gasteiger partial charge in [0.1, 0.15) is 5.82 Å². The van der Waals surface area contributed by atoms with Crippen molar-refractivity contribution >= 4 is 23.6 Å². The number of primary amides is 1. The van der Waals surface area contributed by atoms with Crippen molar-refractivity contribution in [1.82, 2.24) is 20.1 Å². The lowest BCUT2D eigenvalue weighted by atomic mass is 10.0. The van der Waals surface area contributed by atoms with E-state index in [2.05, 4.69) is 29.4 Å². The molecule has 8 nitrogen and oxygen atoms in total. The standard InChI is InChI=1S/C20H35N5O3S/c1-14(2)6-4-7-15(3)22-19(27)13-29-20-24-23-18(10-9-17(21)26)25(20)12-16-8-5-11-28-16/h14-16H,4-13H2,1-3H3,(H2,21,26)(H,22,27)/t15-,16-/m1/s1. The van der Waals surface area contributed by atoms with Crippen molar-refractivity contribution in [2.45, 2.75) is 89.6 Å². The average molecular weight is 426 g/mol. The van der Waals surface area contributed by atoms with E-state index in [1.165, 1.54) is 18.2 Å². The minimum Gasteiger partial charge on any atom is -0.376 e. The molecule has 2 amide bonds. The van der Waals surface area contributed by atoms with Crippen LogP contribution in [0.15, 0.2) is 5.16 Å². The predicted molar refractivity (Wildman–Crippen MR) is 114 cm³/mol. The fourth-order valence-electron chi connectivity index (χ4n) is 3.37. The monoisotopic (exact) mass is 425 g/mol. The second kappa shape index (κ2) is 12.2. The van der Waals surface area contributed by atoms with Gasteiger partial charge in [0.25, 0.3) is 0 Å². The Morgan fingerprint density at radius 2 is 2.10 bits per heavy atom. The normalized spacial score (nSPS) is 17.6. The van der Waals surface area contributed by atoms with E-state index in [0.717, 1.165) is 32.3 Å². The number of aromatic nitrogens is 3. The molecule has 0 radical (unpaired) electrons. The number of nitrogens with two attached hydrogens (primary N) is 1. The molecule has 2 heterocycles. The fraction of sp³-hybridized carbons (Fsp3) is 0.800. The van der Waals surface area contributed by atoms with Crippen LogP contribution < -0.4 is 11.1 Å². The molecule has 1 saturated heterocycles. The fourth-order valence-corrected chi connectivity index (χ4v) is 4.15. The van der Waals surface area contributed by atoms with Crippen molar-refractivity contribution in [3.8, 4) is 0 Å². The van der Waals surface area contributed by atoms with Crippen LogP contribution >= 0.6 is 11.8 Å². The smallest absolute Gasteiger partial charge is 0.230 e. The summed E-state index contributed by atoms with van der Waals surface area (Å²) in [6, 6.07) is 0.165. The van der Waals surface area contributed by atoms with Gasteiger partial charge < -0.3 is 20.4 Å². The third-order valence-corrected chi connectivity index (χ3v) is 5.92. The summed E-state index contributed by atoms with van der Waals surface area (Å²) in [5.41, 5.74) is 5.28. The lowest BCUT2D eigenvalue weighted by Crippen LogP contribution is -2.34. The van der Waals surface area contributed by atoms with Crippen molar-refractivity contribution in [2.24, 2.45) is 11.7 Å². The Kier molecular flexibility index (Phi) is 9.93. The first-order valence-corrected chi connectivity index (χ1v) is 11.6. The molecular formula is C20H35N5O3S. The SMILES string of the molecule is CC(C)CCC[C@@H](C)NC(=O)CSc1nnc(CCC(N)=O)n1C[C@H]1CCCO1. The van der Waals surface area contributed by atoms with E-state index in [-0.39, 0.29) is 36.1 Å². The summed E-state index contributed by atoms with van der Waals surface area (Å²) in [5.74, 6) is 1.32. The molecule has 9 heteroatoms. The van der Waals surface area contributed by atoms with Gasteiger partial charge in [-0.3, -0.25) is 9.59 Å². The van der Waals surface area contributed by atoms with Crippen molar-refractivity contribution in [3.63, 3.8) is 0 Å². The quantitative estimate of drug-likeness (QED) is 0.469. The molecule has 1 aromatic rings. The summed E-state index contributed by atoms with van der Waals surface area (Å²) in [4.78, 5) is 23.5. The van der Waals surface area contributed by atoms with Crippen LogP contribution in [0.25, 0.3) is 0 Å². The maximum Gasteiger partial charge on any atom is 0.230 e. The molecule has 0 saturated carbocycles. The minimum atomic E-state index is -0.364. The summed E-state index contributed by atoms with van der Waals surface area (Å²) in [6.07, 6.45) is 6.10. The van der Waals surface area contributed by atoms with Crippen LogP contribution in [-0.4, -0.2) is 51.1 Å². The molecule has 0 aromatic carbocycles. The third-order valence-electron chi connectivity index (χ3n) is 4.96. The lowest BCUT2D eigenvalue weighted by molar-refractivity contribution is -0.119. The Morgan fingerprint density at radius 1 is 1.31 bits per heavy atom. The molecule has 1 aliphatic heterocycles. The van der Waals surface area contributed by atoms with Crippen LogP contribution in [0.2, 0.25) is 0 Å². The molecule has 1 aliphatic rings. The second-order valence-electron chi connectivity index (χ2n) is 8.19. The lowest BCUT2D eigenvalue weighted by Gasteiger charge is -2.16. The highest BCUT2D eigenvalue weighted by atomic mass is 32.2. The van der Waals surface area contributed by atoms with Crippen molar-refractivity contribution in [1.29, 1.82) is 0 Å². The van der Waals surface area contributed by atoms with Gasteiger partial charge in [-0.2, -0.15) is 0 Å². The number of amides is 2. The van der Waals surface area contributed by atoms with Crippen LogP contribution in [0, 0.1) is 5.92 Å². The van der Waals surface area contributed by atoms with E-state index in [1.807, 2.05) is 11.5 Å². The largest absolute Gasteiger partial charge is 0.376 e. The summed E-state index contributed by atoms with van der Waals surface area (Å²) < 4.78 is 7.71. The summed E-state index contributed by atoms with van der Waals surface area (Å²) in [6.45, 7) is 7.87. The maximum absolute atomic E-state index is 12.3. The molecule has 2 rings (SSSR count). The van der Waals surface area contributed by atoms with Crippen LogP contribution in [0.1, 0.15) is 65.1 Å². The van der Waals surface area contributed by atoms with Gasteiger partial charge in [0.15, 0.2) is 5.16 Å². The predicted octanol–water partition coefficient (Wildman–Crippen LogP) is 2.30. The zero-order valence-corrected chi connectivity index (χ0v) is 18.7. The number of carbonyl (C=O) groups is 2. The number of hydrogen-bond donors (Lipinski definition) is 2. The number of carbonyl (C=O) groups excluding carboxylic acids is 2. The van der Waals surface area contributed by atoms with Crippen molar-refractivity contribution in [3.05, 3.63) is 5.82 Å². The van der Waals surface area contributed by atoms with Crippen LogP contribution in [-0.2, 0) is 27.3 Å². The van der Waals surface area contributed by atoms with Gasteiger partial charge in [0, 0.05) is 25.5 Å². The molecule has 0 unspecified atom stereocenters. The van der Waals surface area contributed by atoms with Gasteiger partial charge in [0.05, 0.1) is 18.4 Å². The topological polar surface area (TPSA) is 112 Å². The zero-order valence-electron chi connectivity index (χ0n) is 17.9. The molecule has 0 spiro atoms. The van der Waals surface area contributed by atoms with Gasteiger partial charge in [0.2, 0.25) is 11.8 Å². The van der Waals surface area contributed by atoms with Crippen LogP contribution in [0.5, 0.6) is 0 Å². The van der Waals surface area contributed by atoms with Gasteiger partial charge >= 0.3 is 0 Å². The Hall–Kier alpha value is -1.61. The average Bonchev–Trinajstić information content (AvgIpc) is 3.28. The van der Waals surface area contributed by atoms with E-state index in [9.17, 15) is 9.59 Å². The van der Waals surface area contributed by atoms with Crippen molar-refractivity contribution < 1.29 is 14.3 Å². The molecule has 3 N–H and O–H groups in total. The van der Waals surface area contributed by atoms with E-state index in [4.69, 9.17) is 10.5 Å². The second-order valence-corrected chi connectivity index (χ2v) is 9.14. The first kappa shape index (κ1) is 23.7. The highest BCUT2D eigenvalue weighted by Crippen LogP contribution is 2.22. The Labute approximate surface area is 177 Å². The maximum atomic E-state index is 12.3. The third kappa shape index (κ3) is 8.74. The van der Waals surface area contributed by atoms with Crippen LogP contribution in [0.3, 0.4) is 0 Å². The highest BCUT2D eigenvalue weighted by molar-refractivity contribution is 7.99. The first-order chi connectivity index (χ1) is 13.8. The highest BCUT2D eigenvalue weighted by Gasteiger charge is 2.22. The van der Waals surface area contributed by atoms with E-state index < -0.39 is 0 Å². The Balaban J connectivity index is 1.89. The summed E-state index contributed by atoms with van der Waals surface area (Å²) in [5, 5.41) is 12.2. The molecule has 2 atom stereocenters. The van der Waals surface area contributed by atoms with Gasteiger partial charge in [-0.05, 0) is 32.1 Å². The minimum absolute atomic E-state index is 0.00241. The van der Waals surface area contributed by atoms with Gasteiger partial charge in [-0.25, -0.2) is 0 Å². The Morgan fingerprint density at radius 3 is 2.76 bits per heavy atom. The molecule has 164 valence electrons. The van der Waals surface area contributed by atoms with E-state index >= 15 is 0 Å². The Bertz CT molecular complexity index is 659.